The third-order valence-electron chi connectivity index (χ3n) is 4.13. The summed E-state index contributed by atoms with van der Waals surface area (Å²) in [5, 5.41) is 1.18. The van der Waals surface area contributed by atoms with Crippen molar-refractivity contribution >= 4 is 16.8 Å². The number of amides is 1. The summed E-state index contributed by atoms with van der Waals surface area (Å²) in [6, 6.07) is 8.15. The van der Waals surface area contributed by atoms with E-state index in [2.05, 4.69) is 11.1 Å². The highest BCUT2D eigenvalue weighted by atomic mass is 16.2. The van der Waals surface area contributed by atoms with Crippen LogP contribution in [0.3, 0.4) is 0 Å². The Bertz CT molecular complexity index is 613. The van der Waals surface area contributed by atoms with Crippen molar-refractivity contribution < 1.29 is 4.79 Å². The predicted octanol–water partition coefficient (Wildman–Crippen LogP) is 1.87. The minimum absolute atomic E-state index is 0.181. The van der Waals surface area contributed by atoms with Crippen molar-refractivity contribution in [2.45, 2.75) is 19.4 Å². The van der Waals surface area contributed by atoms with E-state index in [1.165, 1.54) is 5.39 Å². The van der Waals surface area contributed by atoms with Gasteiger partial charge in [0.1, 0.15) is 0 Å². The molecule has 0 saturated heterocycles. The number of nitrogens with two attached hydrogens (primary N) is 1. The number of aromatic amines is 1. The smallest absolute Gasteiger partial charge is 0.230 e. The second-order valence-corrected chi connectivity index (χ2v) is 5.51. The van der Waals surface area contributed by atoms with Crippen molar-refractivity contribution in [2.24, 2.45) is 11.1 Å². The van der Waals surface area contributed by atoms with Crippen LogP contribution in [0.15, 0.2) is 30.5 Å². The first-order valence-corrected chi connectivity index (χ1v) is 6.67. The minimum atomic E-state index is -0.263. The standard InChI is InChI=1S/C15H19N3O/c1-18(14(19)15(10-16)6-7-15)9-11-8-17-13-5-3-2-4-12(11)13/h2-5,8,17H,6-7,9-10,16H2,1H3. The molecule has 0 atom stereocenters. The van der Waals surface area contributed by atoms with Crippen LogP contribution in [-0.2, 0) is 11.3 Å². The molecule has 1 heterocycles. The van der Waals surface area contributed by atoms with Crippen LogP contribution in [0.1, 0.15) is 18.4 Å². The van der Waals surface area contributed by atoms with Crippen molar-refractivity contribution in [3.63, 3.8) is 0 Å². The maximum absolute atomic E-state index is 12.4. The normalized spacial score (nSPS) is 16.5. The molecule has 3 rings (SSSR count). The Labute approximate surface area is 112 Å². The molecule has 4 heteroatoms. The van der Waals surface area contributed by atoms with Crippen molar-refractivity contribution in [3.8, 4) is 0 Å². The van der Waals surface area contributed by atoms with Crippen LogP contribution < -0.4 is 5.73 Å². The molecule has 0 aliphatic heterocycles. The molecule has 19 heavy (non-hydrogen) atoms. The van der Waals surface area contributed by atoms with Gasteiger partial charge in [-0.3, -0.25) is 4.79 Å². The summed E-state index contributed by atoms with van der Waals surface area (Å²) in [6.45, 7) is 1.09. The lowest BCUT2D eigenvalue weighted by Gasteiger charge is -2.22. The number of nitrogens with one attached hydrogen (secondary N) is 1. The zero-order valence-corrected chi connectivity index (χ0v) is 11.1. The molecule has 0 spiro atoms. The highest BCUT2D eigenvalue weighted by molar-refractivity contribution is 5.87. The van der Waals surface area contributed by atoms with Gasteiger partial charge >= 0.3 is 0 Å². The summed E-state index contributed by atoms with van der Waals surface area (Å²) in [5.74, 6) is 0.181. The Balaban J connectivity index is 1.79. The number of rotatable bonds is 4. The fourth-order valence-corrected chi connectivity index (χ4v) is 2.65. The second kappa shape index (κ2) is 4.38. The number of aromatic nitrogens is 1. The summed E-state index contributed by atoms with van der Waals surface area (Å²) in [7, 11) is 1.86. The van der Waals surface area contributed by atoms with Crippen LogP contribution in [0.5, 0.6) is 0 Å². The molecule has 1 saturated carbocycles. The van der Waals surface area contributed by atoms with Crippen molar-refractivity contribution in [3.05, 3.63) is 36.0 Å². The molecule has 1 aliphatic rings. The van der Waals surface area contributed by atoms with Crippen molar-refractivity contribution in [1.82, 2.24) is 9.88 Å². The highest BCUT2D eigenvalue weighted by Crippen LogP contribution is 2.46. The number of benzene rings is 1. The lowest BCUT2D eigenvalue weighted by atomic mass is 10.1. The molecule has 1 aliphatic carbocycles. The first kappa shape index (κ1) is 12.2. The third-order valence-corrected chi connectivity index (χ3v) is 4.13. The Morgan fingerprint density at radius 3 is 2.84 bits per heavy atom. The van der Waals surface area contributed by atoms with Crippen LogP contribution in [-0.4, -0.2) is 29.4 Å². The Hall–Kier alpha value is -1.81. The van der Waals surface area contributed by atoms with Crippen LogP contribution in [0, 0.1) is 5.41 Å². The number of H-pyrrole nitrogens is 1. The van der Waals surface area contributed by atoms with Crippen LogP contribution in [0.4, 0.5) is 0 Å². The molecular weight excluding hydrogens is 238 g/mol. The number of carbonyl (C=O) groups is 1. The van der Waals surface area contributed by atoms with Crippen LogP contribution >= 0.6 is 0 Å². The lowest BCUT2D eigenvalue weighted by molar-refractivity contribution is -0.135. The van der Waals surface area contributed by atoms with Gasteiger partial charge in [0.05, 0.1) is 5.41 Å². The summed E-state index contributed by atoms with van der Waals surface area (Å²) >= 11 is 0. The Kier molecular flexibility index (Phi) is 2.82. The fraction of sp³-hybridized carbons (Fsp3) is 0.400. The molecule has 1 amide bonds. The predicted molar refractivity (Wildman–Crippen MR) is 75.5 cm³/mol. The summed E-state index contributed by atoms with van der Waals surface area (Å²) in [5.41, 5.74) is 7.72. The maximum atomic E-state index is 12.4. The summed E-state index contributed by atoms with van der Waals surface area (Å²) < 4.78 is 0. The third kappa shape index (κ3) is 2.02. The van der Waals surface area contributed by atoms with E-state index in [1.807, 2.05) is 31.4 Å². The van der Waals surface area contributed by atoms with Gasteiger partial charge in [0.2, 0.25) is 5.91 Å². The number of nitrogens with zero attached hydrogens (tertiary/aromatic N) is 1. The molecular formula is C15H19N3O. The zero-order valence-electron chi connectivity index (χ0n) is 11.1. The van der Waals surface area contributed by atoms with E-state index in [9.17, 15) is 4.79 Å². The largest absolute Gasteiger partial charge is 0.361 e. The molecule has 2 aromatic rings. The fourth-order valence-electron chi connectivity index (χ4n) is 2.65. The van der Waals surface area contributed by atoms with Gasteiger partial charge in [0, 0.05) is 37.2 Å². The second-order valence-electron chi connectivity index (χ2n) is 5.51. The van der Waals surface area contributed by atoms with E-state index >= 15 is 0 Å². The molecule has 0 bridgehead atoms. The van der Waals surface area contributed by atoms with Gasteiger partial charge in [0.25, 0.3) is 0 Å². The van der Waals surface area contributed by atoms with Gasteiger partial charge < -0.3 is 15.6 Å². The van der Waals surface area contributed by atoms with E-state index in [0.717, 1.165) is 23.9 Å². The topological polar surface area (TPSA) is 62.1 Å². The van der Waals surface area contributed by atoms with E-state index in [-0.39, 0.29) is 11.3 Å². The summed E-state index contributed by atoms with van der Waals surface area (Å²) in [6.07, 6.45) is 3.84. The average Bonchev–Trinajstić information content (AvgIpc) is 3.15. The molecule has 1 fully saturated rings. The summed E-state index contributed by atoms with van der Waals surface area (Å²) in [4.78, 5) is 17.4. The SMILES string of the molecule is CN(Cc1c[nH]c2ccccc12)C(=O)C1(CN)CC1. The number of para-hydroxylation sites is 1. The van der Waals surface area contributed by atoms with E-state index in [0.29, 0.717) is 13.1 Å². The number of hydrogen-bond donors (Lipinski definition) is 2. The van der Waals surface area contributed by atoms with Gasteiger partial charge in [-0.15, -0.1) is 0 Å². The number of carbonyl (C=O) groups excluding carboxylic acids is 1. The monoisotopic (exact) mass is 257 g/mol. The minimum Gasteiger partial charge on any atom is -0.361 e. The van der Waals surface area contributed by atoms with Crippen molar-refractivity contribution in [1.29, 1.82) is 0 Å². The number of fused-ring (bicyclic) bond motifs is 1. The van der Waals surface area contributed by atoms with Gasteiger partial charge in [-0.2, -0.15) is 0 Å². The van der Waals surface area contributed by atoms with Gasteiger partial charge in [-0.05, 0) is 24.5 Å². The number of hydrogen-bond acceptors (Lipinski definition) is 2. The zero-order chi connectivity index (χ0) is 13.5. The Morgan fingerprint density at radius 2 is 2.16 bits per heavy atom. The van der Waals surface area contributed by atoms with Crippen LogP contribution in [0.2, 0.25) is 0 Å². The Morgan fingerprint density at radius 1 is 1.42 bits per heavy atom. The lowest BCUT2D eigenvalue weighted by Crippen LogP contribution is -2.37. The average molecular weight is 257 g/mol. The molecule has 0 radical (unpaired) electrons. The molecule has 4 nitrogen and oxygen atoms in total. The maximum Gasteiger partial charge on any atom is 0.230 e. The van der Waals surface area contributed by atoms with E-state index in [1.54, 1.807) is 4.90 Å². The molecule has 1 aromatic carbocycles. The van der Waals surface area contributed by atoms with Gasteiger partial charge in [-0.25, -0.2) is 0 Å². The first-order valence-electron chi connectivity index (χ1n) is 6.67. The van der Waals surface area contributed by atoms with E-state index < -0.39 is 0 Å². The molecule has 1 aromatic heterocycles. The first-order chi connectivity index (χ1) is 9.16. The molecule has 100 valence electrons. The van der Waals surface area contributed by atoms with E-state index in [4.69, 9.17) is 5.73 Å². The molecule has 0 unspecified atom stereocenters. The molecule has 3 N–H and O–H groups in total. The highest BCUT2D eigenvalue weighted by Gasteiger charge is 2.49. The quantitative estimate of drug-likeness (QED) is 0.878. The van der Waals surface area contributed by atoms with Gasteiger partial charge in [0.15, 0.2) is 0 Å². The van der Waals surface area contributed by atoms with Crippen molar-refractivity contribution in [2.75, 3.05) is 13.6 Å². The van der Waals surface area contributed by atoms with Crippen LogP contribution in [0.25, 0.3) is 10.9 Å². The van der Waals surface area contributed by atoms with Gasteiger partial charge in [-0.1, -0.05) is 18.2 Å².